The number of anilines is 3. The van der Waals surface area contributed by atoms with Crippen molar-refractivity contribution in [3.63, 3.8) is 0 Å². The lowest BCUT2D eigenvalue weighted by Crippen LogP contribution is -2.10. The van der Waals surface area contributed by atoms with Crippen LogP contribution in [-0.4, -0.2) is 0 Å². The highest BCUT2D eigenvalue weighted by molar-refractivity contribution is 6.13. The minimum absolute atomic E-state index is 1.09. The SMILES string of the molecule is c1ccc(-c2cc(-c3ccccc3)cc(N(c3ccc(-c4cc5ccccc5c5ccccc45)cc3)c3cccc(-c4cccc5ccccc45)c3)c2)cc1. The molecule has 0 amide bonds. The van der Waals surface area contributed by atoms with E-state index in [1.54, 1.807) is 0 Å². The molecule has 0 radical (unpaired) electrons. The molecular formula is C54H37N. The summed E-state index contributed by atoms with van der Waals surface area (Å²) in [6.07, 6.45) is 0. The van der Waals surface area contributed by atoms with Crippen molar-refractivity contribution in [2.24, 2.45) is 0 Å². The van der Waals surface area contributed by atoms with Crippen LogP contribution in [0.1, 0.15) is 0 Å². The molecule has 0 aliphatic carbocycles. The number of rotatable bonds is 7. The molecule has 0 fully saturated rings. The highest BCUT2D eigenvalue weighted by Crippen LogP contribution is 2.43. The van der Waals surface area contributed by atoms with E-state index < -0.39 is 0 Å². The Kier molecular flexibility index (Phi) is 8.24. The molecular weight excluding hydrogens is 663 g/mol. The zero-order valence-corrected chi connectivity index (χ0v) is 30.3. The summed E-state index contributed by atoms with van der Waals surface area (Å²) in [5, 5.41) is 7.55. The first-order valence-electron chi connectivity index (χ1n) is 18.9. The molecule has 0 heterocycles. The van der Waals surface area contributed by atoms with Crippen molar-refractivity contribution < 1.29 is 0 Å². The smallest absolute Gasteiger partial charge is 0.0473 e. The van der Waals surface area contributed by atoms with Crippen LogP contribution in [0, 0.1) is 0 Å². The monoisotopic (exact) mass is 699 g/mol. The highest BCUT2D eigenvalue weighted by Gasteiger charge is 2.18. The molecule has 0 aromatic heterocycles. The van der Waals surface area contributed by atoms with Crippen LogP contribution in [0.25, 0.3) is 76.8 Å². The van der Waals surface area contributed by atoms with Gasteiger partial charge < -0.3 is 4.90 Å². The Morgan fingerprint density at radius 2 is 0.745 bits per heavy atom. The molecule has 10 aromatic rings. The Labute approximate surface area is 322 Å². The average molecular weight is 700 g/mol. The minimum Gasteiger partial charge on any atom is -0.310 e. The molecule has 0 saturated heterocycles. The van der Waals surface area contributed by atoms with Gasteiger partial charge in [0.15, 0.2) is 0 Å². The van der Waals surface area contributed by atoms with Gasteiger partial charge in [0, 0.05) is 17.1 Å². The molecule has 0 unspecified atom stereocenters. The largest absolute Gasteiger partial charge is 0.310 e. The summed E-state index contributed by atoms with van der Waals surface area (Å²) in [7, 11) is 0. The van der Waals surface area contributed by atoms with Gasteiger partial charge in [-0.15, -0.1) is 0 Å². The summed E-state index contributed by atoms with van der Waals surface area (Å²) >= 11 is 0. The third-order valence-electron chi connectivity index (χ3n) is 10.8. The van der Waals surface area contributed by atoms with Gasteiger partial charge in [0.25, 0.3) is 0 Å². The molecule has 10 rings (SSSR count). The molecule has 0 bridgehead atoms. The highest BCUT2D eigenvalue weighted by atomic mass is 15.1. The van der Waals surface area contributed by atoms with Gasteiger partial charge in [0.05, 0.1) is 0 Å². The fourth-order valence-electron chi connectivity index (χ4n) is 8.15. The summed E-state index contributed by atoms with van der Waals surface area (Å²) in [4.78, 5) is 2.41. The molecule has 10 aromatic carbocycles. The van der Waals surface area contributed by atoms with Crippen LogP contribution in [-0.2, 0) is 0 Å². The van der Waals surface area contributed by atoms with E-state index in [0.29, 0.717) is 0 Å². The maximum Gasteiger partial charge on any atom is 0.0473 e. The zero-order valence-electron chi connectivity index (χ0n) is 30.3. The molecule has 55 heavy (non-hydrogen) atoms. The van der Waals surface area contributed by atoms with Crippen LogP contribution >= 0.6 is 0 Å². The van der Waals surface area contributed by atoms with E-state index in [0.717, 1.165) is 17.1 Å². The minimum atomic E-state index is 1.09. The average Bonchev–Trinajstić information content (AvgIpc) is 3.27. The number of hydrogen-bond donors (Lipinski definition) is 0. The van der Waals surface area contributed by atoms with E-state index in [4.69, 9.17) is 0 Å². The van der Waals surface area contributed by atoms with E-state index in [1.807, 2.05) is 0 Å². The Balaban J connectivity index is 1.17. The molecule has 0 saturated carbocycles. The third kappa shape index (κ3) is 6.12. The Morgan fingerprint density at radius 3 is 1.45 bits per heavy atom. The predicted octanol–water partition coefficient (Wildman–Crippen LogP) is 15.3. The molecule has 1 heteroatoms. The topological polar surface area (TPSA) is 3.24 Å². The van der Waals surface area contributed by atoms with E-state index in [9.17, 15) is 0 Å². The maximum absolute atomic E-state index is 2.41. The maximum atomic E-state index is 2.41. The quantitative estimate of drug-likeness (QED) is 0.150. The lowest BCUT2D eigenvalue weighted by atomic mass is 9.93. The van der Waals surface area contributed by atoms with E-state index in [1.165, 1.54) is 76.8 Å². The Hall–Kier alpha value is -7.22. The van der Waals surface area contributed by atoms with E-state index >= 15 is 0 Å². The summed E-state index contributed by atoms with van der Waals surface area (Å²) < 4.78 is 0. The predicted molar refractivity (Wildman–Crippen MR) is 235 cm³/mol. The zero-order chi connectivity index (χ0) is 36.6. The lowest BCUT2D eigenvalue weighted by molar-refractivity contribution is 1.28. The van der Waals surface area contributed by atoms with E-state index in [-0.39, 0.29) is 0 Å². The molecule has 0 N–H and O–H groups in total. The van der Waals surface area contributed by atoms with Crippen molar-refractivity contribution in [2.75, 3.05) is 4.90 Å². The standard InChI is InChI=1S/C54H37N/c1-3-15-38(16-4-1)44-33-45(39-17-5-2-6-18-39)36-48(35-44)55(47-23-13-22-42(34-47)50-28-14-21-40-19-7-9-24-49(40)50)46-31-29-41(30-32-46)54-37-43-20-8-10-25-51(43)52-26-11-12-27-53(52)54/h1-37H. The van der Waals surface area contributed by atoms with Crippen molar-refractivity contribution >= 4 is 49.4 Å². The fourth-order valence-corrected chi connectivity index (χ4v) is 8.15. The molecule has 258 valence electrons. The Morgan fingerprint density at radius 1 is 0.218 bits per heavy atom. The molecule has 1 nitrogen and oxygen atoms in total. The number of nitrogens with zero attached hydrogens (tertiary/aromatic N) is 1. The van der Waals surface area contributed by atoms with Gasteiger partial charge in [0.2, 0.25) is 0 Å². The van der Waals surface area contributed by atoms with Crippen molar-refractivity contribution in [3.8, 4) is 44.5 Å². The van der Waals surface area contributed by atoms with Crippen LogP contribution in [0.15, 0.2) is 224 Å². The Bertz CT molecular complexity index is 2900. The first-order valence-corrected chi connectivity index (χ1v) is 18.9. The fraction of sp³-hybridized carbons (Fsp3) is 0. The van der Waals surface area contributed by atoms with Gasteiger partial charge in [-0.05, 0) is 125 Å². The van der Waals surface area contributed by atoms with Gasteiger partial charge in [-0.25, -0.2) is 0 Å². The normalized spacial score (nSPS) is 11.3. The summed E-state index contributed by atoms with van der Waals surface area (Å²) in [5.74, 6) is 0. The molecule has 0 aliphatic rings. The molecule has 0 spiro atoms. The summed E-state index contributed by atoms with van der Waals surface area (Å²) in [5.41, 5.74) is 12.8. The lowest BCUT2D eigenvalue weighted by Gasteiger charge is -2.28. The van der Waals surface area contributed by atoms with Crippen LogP contribution in [0.5, 0.6) is 0 Å². The van der Waals surface area contributed by atoms with Gasteiger partial charge in [-0.3, -0.25) is 0 Å². The first kappa shape index (κ1) is 32.4. The third-order valence-corrected chi connectivity index (χ3v) is 10.8. The van der Waals surface area contributed by atoms with Gasteiger partial charge in [-0.2, -0.15) is 0 Å². The van der Waals surface area contributed by atoms with Crippen molar-refractivity contribution in [3.05, 3.63) is 224 Å². The van der Waals surface area contributed by atoms with Crippen LogP contribution in [0.3, 0.4) is 0 Å². The molecule has 0 aliphatic heterocycles. The van der Waals surface area contributed by atoms with Gasteiger partial charge in [0.1, 0.15) is 0 Å². The van der Waals surface area contributed by atoms with Gasteiger partial charge in [-0.1, -0.05) is 176 Å². The van der Waals surface area contributed by atoms with Crippen molar-refractivity contribution in [1.29, 1.82) is 0 Å². The number of benzene rings is 10. The number of hydrogen-bond acceptors (Lipinski definition) is 1. The van der Waals surface area contributed by atoms with Crippen molar-refractivity contribution in [2.45, 2.75) is 0 Å². The van der Waals surface area contributed by atoms with E-state index in [2.05, 4.69) is 229 Å². The van der Waals surface area contributed by atoms with Crippen molar-refractivity contribution in [1.82, 2.24) is 0 Å². The van der Waals surface area contributed by atoms with Gasteiger partial charge >= 0.3 is 0 Å². The number of fused-ring (bicyclic) bond motifs is 4. The molecule has 0 atom stereocenters. The summed E-state index contributed by atoms with van der Waals surface area (Å²) in [6.45, 7) is 0. The second-order valence-corrected chi connectivity index (χ2v) is 14.2. The second-order valence-electron chi connectivity index (χ2n) is 14.2. The van der Waals surface area contributed by atoms with Crippen LogP contribution in [0.4, 0.5) is 17.1 Å². The second kappa shape index (κ2) is 14.0. The van der Waals surface area contributed by atoms with Crippen LogP contribution in [0.2, 0.25) is 0 Å². The first-order chi connectivity index (χ1) is 27.3. The summed E-state index contributed by atoms with van der Waals surface area (Å²) in [6, 6.07) is 81.5. The van der Waals surface area contributed by atoms with Crippen LogP contribution < -0.4 is 4.90 Å².